The minimum absolute atomic E-state index is 0. The van der Waals surface area contributed by atoms with Crippen molar-refractivity contribution in [3.05, 3.63) is 60.0 Å². The summed E-state index contributed by atoms with van der Waals surface area (Å²) >= 11 is -0.719. The molecule has 1 aromatic rings. The van der Waals surface area contributed by atoms with Gasteiger partial charge in [-0.05, 0) is 0 Å². The molecule has 1 unspecified atom stereocenters. The molecule has 1 atom stereocenters. The molecule has 0 radical (unpaired) electrons. The van der Waals surface area contributed by atoms with E-state index in [0.717, 1.165) is 3.63 Å². The number of rotatable bonds is 2. The first-order chi connectivity index (χ1) is 10.7. The van der Waals surface area contributed by atoms with Gasteiger partial charge in [-0.25, -0.2) is 0 Å². The molecular weight excluding hydrogens is 426 g/mol. The van der Waals surface area contributed by atoms with Gasteiger partial charge in [0, 0.05) is 0 Å². The third-order valence-corrected chi connectivity index (χ3v) is 11.9. The van der Waals surface area contributed by atoms with Crippen LogP contribution in [0.5, 0.6) is 0 Å². The predicted molar refractivity (Wildman–Crippen MR) is 97.2 cm³/mol. The van der Waals surface area contributed by atoms with Gasteiger partial charge >= 0.3 is 154 Å². The molecule has 2 aliphatic carbocycles. The fourth-order valence-electron chi connectivity index (χ4n) is 4.18. The second-order valence-electron chi connectivity index (χ2n) is 7.87. The quantitative estimate of drug-likeness (QED) is 0.611. The van der Waals surface area contributed by atoms with Crippen LogP contribution in [-0.4, -0.2) is 0 Å². The number of hydrogen-bond donors (Lipinski definition) is 0. The van der Waals surface area contributed by atoms with Crippen molar-refractivity contribution < 1.29 is 48.0 Å². The monoisotopic (exact) mass is 452 g/mol. The fourth-order valence-corrected chi connectivity index (χ4v) is 9.29. The van der Waals surface area contributed by atoms with Crippen molar-refractivity contribution >= 4 is 6.08 Å². The van der Waals surface area contributed by atoms with Crippen LogP contribution in [0.25, 0.3) is 6.08 Å². The molecule has 0 heterocycles. The van der Waals surface area contributed by atoms with Gasteiger partial charge in [0.15, 0.2) is 0 Å². The first-order valence-corrected chi connectivity index (χ1v) is 11.3. The second kappa shape index (κ2) is 7.87. The van der Waals surface area contributed by atoms with Crippen molar-refractivity contribution in [2.45, 2.75) is 59.0 Å². The van der Waals surface area contributed by atoms with Crippen LogP contribution in [0.15, 0.2) is 37.7 Å². The third-order valence-electron chi connectivity index (χ3n) is 6.19. The number of benzene rings is 1. The second-order valence-corrected chi connectivity index (χ2v) is 11.2. The summed E-state index contributed by atoms with van der Waals surface area (Å²) < 4.78 is 2.53. The average Bonchev–Trinajstić information content (AvgIpc) is 2.89. The zero-order chi connectivity index (χ0) is 17.1. The van der Waals surface area contributed by atoms with Gasteiger partial charge in [-0.3, -0.25) is 0 Å². The maximum atomic E-state index is 2.47. The molecule has 134 valence electrons. The van der Waals surface area contributed by atoms with E-state index < -0.39 is 23.2 Å². The summed E-state index contributed by atoms with van der Waals surface area (Å²) in [5.74, 6) is 0. The first kappa shape index (κ1) is 22.9. The summed E-state index contributed by atoms with van der Waals surface area (Å²) in [5, 5.41) is 0. The van der Waals surface area contributed by atoms with Crippen LogP contribution < -0.4 is 24.8 Å². The molecule has 0 nitrogen and oxygen atoms in total. The van der Waals surface area contributed by atoms with E-state index >= 15 is 0 Å². The molecule has 2 aliphatic rings. The Morgan fingerprint density at radius 1 is 0.840 bits per heavy atom. The molecule has 0 saturated carbocycles. The van der Waals surface area contributed by atoms with Crippen molar-refractivity contribution in [3.8, 4) is 0 Å². The van der Waals surface area contributed by atoms with Gasteiger partial charge in [0.1, 0.15) is 0 Å². The molecule has 0 aromatic heterocycles. The standard InChI is InChI=1S/C12H13.C10H15.2ClH.Zr/c1-8-6-11-9(2)4-5-10(3)12(11)7-8;1-7-6-10(4,5)9(3)8(7)2;;;/h4-7H,1-3H3;1-5H3;2*1H;/q;;;;+2/p-2. The molecule has 0 aliphatic heterocycles. The smallest absolute Gasteiger partial charge is 1.00 e. The van der Waals surface area contributed by atoms with Crippen molar-refractivity contribution in [1.29, 1.82) is 0 Å². The number of allylic oxidation sites excluding steroid dienone is 5. The Kier molecular flexibility index (Phi) is 7.23. The molecule has 0 N–H and O–H groups in total. The molecule has 0 bridgehead atoms. The summed E-state index contributed by atoms with van der Waals surface area (Å²) in [6, 6.07) is 4.61. The zero-order valence-electron chi connectivity index (χ0n) is 16.6. The normalized spacial score (nSPS) is 20.6. The number of halogens is 2. The van der Waals surface area contributed by atoms with Crippen LogP contribution in [0.1, 0.15) is 67.4 Å². The summed E-state index contributed by atoms with van der Waals surface area (Å²) in [5.41, 5.74) is 12.7. The molecule has 3 rings (SSSR count). The molecule has 0 saturated heterocycles. The number of hydrogen-bond acceptors (Lipinski definition) is 0. The van der Waals surface area contributed by atoms with Crippen molar-refractivity contribution in [3.63, 3.8) is 0 Å². The molecular formula is C22H28Cl2Zr. The van der Waals surface area contributed by atoms with E-state index in [1.807, 2.05) is 3.28 Å². The predicted octanol–water partition coefficient (Wildman–Crippen LogP) is 0.502. The largest absolute Gasteiger partial charge is 1.00 e. The average molecular weight is 455 g/mol. The van der Waals surface area contributed by atoms with E-state index in [1.54, 1.807) is 27.9 Å². The van der Waals surface area contributed by atoms with Crippen LogP contribution in [-0.2, 0) is 23.2 Å². The van der Waals surface area contributed by atoms with Gasteiger partial charge in [-0.1, -0.05) is 0 Å². The summed E-state index contributed by atoms with van der Waals surface area (Å²) in [7, 11) is 0. The topological polar surface area (TPSA) is 0 Å². The van der Waals surface area contributed by atoms with Gasteiger partial charge in [0.25, 0.3) is 0 Å². The van der Waals surface area contributed by atoms with Crippen LogP contribution in [0, 0.1) is 19.3 Å². The van der Waals surface area contributed by atoms with E-state index in [0.29, 0.717) is 0 Å². The molecule has 25 heavy (non-hydrogen) atoms. The van der Waals surface area contributed by atoms with Crippen LogP contribution in [0.2, 0.25) is 0 Å². The van der Waals surface area contributed by atoms with Crippen LogP contribution in [0.4, 0.5) is 0 Å². The number of fused-ring (bicyclic) bond motifs is 1. The SMILES string of the molecule is CC1=Cc2c(C)ccc(C)c2[CH]1[Zr+2][C]1=C(C)C(C)=C(C)C1(C)C.[Cl-].[Cl-]. The van der Waals surface area contributed by atoms with Crippen LogP contribution in [0.3, 0.4) is 0 Å². The van der Waals surface area contributed by atoms with E-state index in [9.17, 15) is 0 Å². The van der Waals surface area contributed by atoms with Gasteiger partial charge in [0.05, 0.1) is 0 Å². The Morgan fingerprint density at radius 3 is 1.92 bits per heavy atom. The third kappa shape index (κ3) is 3.54. The number of aryl methyl sites for hydroxylation is 2. The van der Waals surface area contributed by atoms with Crippen molar-refractivity contribution in [1.82, 2.24) is 0 Å². The van der Waals surface area contributed by atoms with Crippen molar-refractivity contribution in [2.75, 3.05) is 0 Å². The molecule has 0 fully saturated rings. The maximum absolute atomic E-state index is 2.47. The van der Waals surface area contributed by atoms with E-state index in [4.69, 9.17) is 0 Å². The summed E-state index contributed by atoms with van der Waals surface area (Å²) in [4.78, 5) is 0. The minimum Gasteiger partial charge on any atom is -1.00 e. The van der Waals surface area contributed by atoms with Gasteiger partial charge in [-0.2, -0.15) is 0 Å². The Hall–Kier alpha value is -0.0969. The van der Waals surface area contributed by atoms with E-state index in [1.165, 1.54) is 16.7 Å². The Morgan fingerprint density at radius 2 is 1.40 bits per heavy atom. The fraction of sp³-hybridized carbons (Fsp3) is 0.455. The van der Waals surface area contributed by atoms with Gasteiger partial charge < -0.3 is 24.8 Å². The Balaban J connectivity index is 0.00000156. The summed E-state index contributed by atoms with van der Waals surface area (Å²) in [6.07, 6.45) is 2.47. The molecule has 0 spiro atoms. The summed E-state index contributed by atoms with van der Waals surface area (Å²) in [6.45, 7) is 18.8. The Labute approximate surface area is 177 Å². The molecule has 0 amide bonds. The first-order valence-electron chi connectivity index (χ1n) is 8.60. The molecule has 1 aromatic carbocycles. The van der Waals surface area contributed by atoms with Gasteiger partial charge in [-0.15, -0.1) is 0 Å². The molecule has 3 heteroatoms. The van der Waals surface area contributed by atoms with E-state index in [2.05, 4.69) is 73.6 Å². The van der Waals surface area contributed by atoms with Crippen LogP contribution >= 0.6 is 0 Å². The van der Waals surface area contributed by atoms with Gasteiger partial charge in [0.2, 0.25) is 0 Å². The maximum Gasteiger partial charge on any atom is -1.00 e. The van der Waals surface area contributed by atoms with Crippen molar-refractivity contribution in [2.24, 2.45) is 5.41 Å². The minimum atomic E-state index is -0.719. The zero-order valence-corrected chi connectivity index (χ0v) is 20.5. The Bertz CT molecular complexity index is 794. The van der Waals surface area contributed by atoms with E-state index in [-0.39, 0.29) is 30.2 Å².